The number of aryl methyl sites for hydroxylation is 1. The molecule has 0 atom stereocenters. The first kappa shape index (κ1) is 21.2. The van der Waals surface area contributed by atoms with Crippen LogP contribution in [-0.4, -0.2) is 41.4 Å². The first-order valence-corrected chi connectivity index (χ1v) is 9.48. The predicted octanol–water partition coefficient (Wildman–Crippen LogP) is 4.50. The van der Waals surface area contributed by atoms with Crippen LogP contribution in [0, 0.1) is 6.92 Å². The third kappa shape index (κ3) is 6.22. The van der Waals surface area contributed by atoms with Crippen molar-refractivity contribution in [3.8, 4) is 0 Å². The molecular weight excluding hydrogens is 362 g/mol. The van der Waals surface area contributed by atoms with Crippen LogP contribution in [0.15, 0.2) is 42.0 Å². The largest absolute Gasteiger partial charge is 0.372 e. The number of ether oxygens (including phenoxy) is 1. The lowest BCUT2D eigenvalue weighted by Crippen LogP contribution is -2.58. The van der Waals surface area contributed by atoms with Gasteiger partial charge in [0.05, 0.1) is 25.3 Å². The summed E-state index contributed by atoms with van der Waals surface area (Å²) in [5.41, 5.74) is 4.28. The maximum absolute atomic E-state index is 12.2. The number of rotatable bonds is 7. The monoisotopic (exact) mass is 389 g/mol. The first-order valence-electron chi connectivity index (χ1n) is 9.10. The van der Waals surface area contributed by atoms with Gasteiger partial charge in [-0.05, 0) is 56.0 Å². The second-order valence-electron chi connectivity index (χ2n) is 6.97. The van der Waals surface area contributed by atoms with Gasteiger partial charge in [0.15, 0.2) is 0 Å². The van der Waals surface area contributed by atoms with Crippen LogP contribution >= 0.6 is 11.6 Å². The van der Waals surface area contributed by atoms with E-state index < -0.39 is 0 Å². The molecule has 2 amide bonds. The lowest BCUT2D eigenvalue weighted by atomic mass is 10.0. The van der Waals surface area contributed by atoms with Crippen molar-refractivity contribution in [1.29, 1.82) is 0 Å². The maximum Gasteiger partial charge on any atom is 0.317 e. The summed E-state index contributed by atoms with van der Waals surface area (Å²) in [4.78, 5) is 17.9. The Bertz CT molecular complexity index is 750. The zero-order chi connectivity index (χ0) is 20.0. The third-order valence-electron chi connectivity index (χ3n) is 4.38. The van der Waals surface area contributed by atoms with Gasteiger partial charge in [-0.1, -0.05) is 36.4 Å². The van der Waals surface area contributed by atoms with Gasteiger partial charge < -0.3 is 15.0 Å². The Hall–Kier alpha value is -2.11. The van der Waals surface area contributed by atoms with E-state index in [2.05, 4.69) is 23.0 Å². The molecule has 0 aliphatic carbocycles. The zero-order valence-corrected chi connectivity index (χ0v) is 17.2. The SMILES string of the molecule is C=CN=C(Cl)/C=C(\C)c1ccc(CNC(=O)N2CC(OC(C)C)C2)c(C)c1. The van der Waals surface area contributed by atoms with Crippen LogP contribution in [0.25, 0.3) is 5.57 Å². The number of hydrogen-bond donors (Lipinski definition) is 1. The molecule has 1 aliphatic rings. The maximum atomic E-state index is 12.2. The number of aliphatic imine (C=N–C) groups is 1. The number of carbonyl (C=O) groups excluding carboxylic acids is 1. The molecule has 6 heteroatoms. The van der Waals surface area contributed by atoms with Gasteiger partial charge in [-0.25, -0.2) is 9.79 Å². The summed E-state index contributed by atoms with van der Waals surface area (Å²) in [5, 5.41) is 3.37. The number of likely N-dealkylation sites (tertiary alicyclic amines) is 1. The zero-order valence-electron chi connectivity index (χ0n) is 16.5. The molecule has 0 bridgehead atoms. The van der Waals surface area contributed by atoms with Crippen LogP contribution < -0.4 is 5.32 Å². The van der Waals surface area contributed by atoms with Gasteiger partial charge in [-0.3, -0.25) is 0 Å². The van der Waals surface area contributed by atoms with E-state index in [0.717, 1.165) is 22.3 Å². The van der Waals surface area contributed by atoms with E-state index >= 15 is 0 Å². The predicted molar refractivity (Wildman–Crippen MR) is 112 cm³/mol. The molecule has 0 aromatic heterocycles. The molecule has 0 spiro atoms. The second kappa shape index (κ2) is 9.72. The van der Waals surface area contributed by atoms with E-state index in [1.807, 2.05) is 39.8 Å². The molecule has 1 aromatic rings. The molecule has 1 saturated heterocycles. The summed E-state index contributed by atoms with van der Waals surface area (Å²) in [6.07, 6.45) is 3.57. The quantitative estimate of drug-likeness (QED) is 0.698. The molecular formula is C21H28ClN3O2. The van der Waals surface area contributed by atoms with Gasteiger partial charge in [-0.15, -0.1) is 0 Å². The van der Waals surface area contributed by atoms with Crippen LogP contribution in [0.5, 0.6) is 0 Å². The van der Waals surface area contributed by atoms with Crippen molar-refractivity contribution >= 4 is 28.4 Å². The molecule has 27 heavy (non-hydrogen) atoms. The summed E-state index contributed by atoms with van der Waals surface area (Å²) < 4.78 is 5.68. The minimum absolute atomic E-state index is 0.0504. The van der Waals surface area contributed by atoms with Crippen LogP contribution in [0.2, 0.25) is 0 Å². The summed E-state index contributed by atoms with van der Waals surface area (Å²) in [7, 11) is 0. The Morgan fingerprint density at radius 2 is 2.19 bits per heavy atom. The van der Waals surface area contributed by atoms with E-state index in [1.54, 1.807) is 11.0 Å². The molecule has 2 rings (SSSR count). The molecule has 146 valence electrons. The lowest BCUT2D eigenvalue weighted by molar-refractivity contribution is -0.0641. The Labute approximate surface area is 166 Å². The van der Waals surface area contributed by atoms with Crippen LogP contribution in [0.1, 0.15) is 37.5 Å². The van der Waals surface area contributed by atoms with Crippen LogP contribution in [-0.2, 0) is 11.3 Å². The van der Waals surface area contributed by atoms with E-state index in [-0.39, 0.29) is 18.2 Å². The van der Waals surface area contributed by atoms with Crippen molar-refractivity contribution in [3.05, 3.63) is 53.7 Å². The fraction of sp³-hybridized carbons (Fsp3) is 0.429. The minimum Gasteiger partial charge on any atom is -0.372 e. The van der Waals surface area contributed by atoms with E-state index in [9.17, 15) is 4.79 Å². The molecule has 5 nitrogen and oxygen atoms in total. The lowest BCUT2D eigenvalue weighted by Gasteiger charge is -2.39. The fourth-order valence-corrected chi connectivity index (χ4v) is 3.12. The van der Waals surface area contributed by atoms with Crippen molar-refractivity contribution < 1.29 is 9.53 Å². The van der Waals surface area contributed by atoms with Crippen molar-refractivity contribution in [1.82, 2.24) is 10.2 Å². The molecule has 1 fully saturated rings. The number of urea groups is 1. The first-order chi connectivity index (χ1) is 12.8. The highest BCUT2D eigenvalue weighted by Crippen LogP contribution is 2.19. The van der Waals surface area contributed by atoms with Crippen molar-refractivity contribution in [2.45, 2.75) is 46.4 Å². The van der Waals surface area contributed by atoms with Crippen molar-refractivity contribution in [3.63, 3.8) is 0 Å². The number of nitrogens with zero attached hydrogens (tertiary/aromatic N) is 2. The Morgan fingerprint density at radius 3 is 2.78 bits per heavy atom. The number of nitrogens with one attached hydrogen (secondary N) is 1. The molecule has 0 saturated carbocycles. The standard InChI is InChI=1S/C21H28ClN3O2/c1-6-23-20(22)10-16(5)17-7-8-18(15(4)9-17)11-24-21(26)25-12-19(13-25)27-14(2)3/h6-10,14,19H,1,11-13H2,2-5H3,(H,24,26)/b16-10+,23-20?. The average molecular weight is 390 g/mol. The van der Waals surface area contributed by atoms with Crippen molar-refractivity contribution in [2.24, 2.45) is 4.99 Å². The van der Waals surface area contributed by atoms with Crippen molar-refractivity contribution in [2.75, 3.05) is 13.1 Å². The number of halogens is 1. The van der Waals surface area contributed by atoms with E-state index in [0.29, 0.717) is 24.8 Å². The number of benzene rings is 1. The van der Waals surface area contributed by atoms with Gasteiger partial charge in [0.2, 0.25) is 0 Å². The minimum atomic E-state index is -0.0504. The van der Waals surface area contributed by atoms with Gasteiger partial charge in [0.1, 0.15) is 5.17 Å². The molecule has 1 heterocycles. The normalized spacial score (nSPS) is 15.7. The average Bonchev–Trinajstić information content (AvgIpc) is 2.56. The summed E-state index contributed by atoms with van der Waals surface area (Å²) in [6.45, 7) is 13.4. The summed E-state index contributed by atoms with van der Waals surface area (Å²) in [5.74, 6) is 0. The Balaban J connectivity index is 1.90. The van der Waals surface area contributed by atoms with Crippen LogP contribution in [0.3, 0.4) is 0 Å². The molecule has 0 radical (unpaired) electrons. The number of carbonyl (C=O) groups is 1. The number of allylic oxidation sites excluding steroid dienone is 2. The van der Waals surface area contributed by atoms with Gasteiger partial charge in [0.25, 0.3) is 0 Å². The topological polar surface area (TPSA) is 53.9 Å². The van der Waals surface area contributed by atoms with Gasteiger partial charge in [-0.2, -0.15) is 0 Å². The smallest absolute Gasteiger partial charge is 0.317 e. The molecule has 1 N–H and O–H groups in total. The highest BCUT2D eigenvalue weighted by molar-refractivity contribution is 6.69. The van der Waals surface area contributed by atoms with E-state index in [4.69, 9.17) is 16.3 Å². The van der Waals surface area contributed by atoms with Crippen LogP contribution in [0.4, 0.5) is 4.79 Å². The summed E-state index contributed by atoms with van der Waals surface area (Å²) >= 11 is 6.01. The fourth-order valence-electron chi connectivity index (χ4n) is 2.88. The number of amides is 2. The highest BCUT2D eigenvalue weighted by atomic mass is 35.5. The number of hydrogen-bond acceptors (Lipinski definition) is 3. The van der Waals surface area contributed by atoms with E-state index in [1.165, 1.54) is 6.20 Å². The summed E-state index contributed by atoms with van der Waals surface area (Å²) in [6, 6.07) is 6.09. The molecule has 0 unspecified atom stereocenters. The molecule has 1 aliphatic heterocycles. The Kier molecular flexibility index (Phi) is 7.63. The second-order valence-corrected chi connectivity index (χ2v) is 7.36. The third-order valence-corrected chi connectivity index (χ3v) is 4.58. The van der Waals surface area contributed by atoms with Gasteiger partial charge >= 0.3 is 6.03 Å². The highest BCUT2D eigenvalue weighted by Gasteiger charge is 2.31. The Morgan fingerprint density at radius 1 is 1.48 bits per heavy atom. The molecule has 1 aromatic carbocycles. The van der Waals surface area contributed by atoms with Gasteiger partial charge in [0, 0.05) is 12.7 Å².